The number of carbonyl (C=O) groups is 2. The highest BCUT2D eigenvalue weighted by Gasteiger charge is 2.27. The van der Waals surface area contributed by atoms with Crippen LogP contribution in [0.4, 0.5) is 4.79 Å². The van der Waals surface area contributed by atoms with Gasteiger partial charge in [-0.15, -0.1) is 0 Å². The van der Waals surface area contributed by atoms with E-state index in [0.29, 0.717) is 27.9 Å². The van der Waals surface area contributed by atoms with E-state index in [1.165, 1.54) is 38.5 Å². The number of rotatable bonds is 4. The minimum atomic E-state index is -3.84. The second kappa shape index (κ2) is 7.95. The number of fused-ring (bicyclic) bond motifs is 1. The third-order valence-electron chi connectivity index (χ3n) is 4.41. The van der Waals surface area contributed by atoms with Crippen molar-refractivity contribution in [3.8, 4) is 11.1 Å². The van der Waals surface area contributed by atoms with Gasteiger partial charge in [-0.1, -0.05) is 23.2 Å². The number of pyridine rings is 1. The van der Waals surface area contributed by atoms with Gasteiger partial charge in [-0.25, -0.2) is 12.7 Å². The summed E-state index contributed by atoms with van der Waals surface area (Å²) in [4.78, 5) is 27.3. The van der Waals surface area contributed by atoms with Crippen molar-refractivity contribution in [1.82, 2.24) is 14.6 Å². The number of amides is 2. The largest absolute Gasteiger partial charge is 0.456 e. The molecule has 3 aromatic rings. The van der Waals surface area contributed by atoms with Gasteiger partial charge < -0.3 is 4.42 Å². The van der Waals surface area contributed by atoms with Gasteiger partial charge in [0.25, 0.3) is 11.1 Å². The number of carbonyl (C=O) groups excluding carboxylic acids is 2. The monoisotopic (exact) mass is 497 g/mol. The minimum Gasteiger partial charge on any atom is -0.456 e. The first kappa shape index (κ1) is 21.8. The van der Waals surface area contributed by atoms with E-state index in [9.17, 15) is 18.0 Å². The van der Waals surface area contributed by atoms with E-state index >= 15 is 0 Å². The average molecular weight is 498 g/mol. The number of aromatic nitrogens is 1. The molecule has 2 aromatic heterocycles. The van der Waals surface area contributed by atoms with Crippen LogP contribution in [0.3, 0.4) is 0 Å². The van der Waals surface area contributed by atoms with Crippen molar-refractivity contribution in [3.05, 3.63) is 51.3 Å². The molecule has 1 saturated heterocycles. The van der Waals surface area contributed by atoms with E-state index in [0.717, 1.165) is 16.1 Å². The first-order chi connectivity index (χ1) is 14.6. The maximum atomic E-state index is 12.5. The molecule has 3 heterocycles. The standard InChI is InChI=1S/C19H13Cl2N3O5S2/c1-24(2)31(27,28)17-13(20)4-9(5-14(17)21)12-8-22-7-10-3-11(29-16(10)12)6-15-18(25)23-19(26)30-15/h3-8H,1-2H3,(H,23,25,26). The van der Waals surface area contributed by atoms with Crippen molar-refractivity contribution in [1.29, 1.82) is 0 Å². The quantitative estimate of drug-likeness (QED) is 0.532. The first-order valence-electron chi connectivity index (χ1n) is 8.62. The van der Waals surface area contributed by atoms with Gasteiger partial charge in [0.05, 0.1) is 15.0 Å². The fraction of sp³-hybridized carbons (Fsp3) is 0.105. The van der Waals surface area contributed by atoms with E-state index in [1.807, 2.05) is 0 Å². The maximum Gasteiger partial charge on any atom is 0.290 e. The number of benzene rings is 1. The van der Waals surface area contributed by atoms with Gasteiger partial charge in [0, 0.05) is 43.5 Å². The third-order valence-corrected chi connectivity index (χ3v) is 7.95. The van der Waals surface area contributed by atoms with Crippen LogP contribution in [0.15, 0.2) is 44.8 Å². The maximum absolute atomic E-state index is 12.5. The molecule has 1 fully saturated rings. The Bertz CT molecular complexity index is 1370. The molecule has 8 nitrogen and oxygen atoms in total. The Morgan fingerprint density at radius 2 is 1.81 bits per heavy atom. The number of halogens is 2. The fourth-order valence-corrected chi connectivity index (χ4v) is 5.66. The van der Waals surface area contributed by atoms with Crippen LogP contribution >= 0.6 is 35.0 Å². The predicted octanol–water partition coefficient (Wildman–Crippen LogP) is 4.38. The van der Waals surface area contributed by atoms with Crippen LogP contribution in [0.5, 0.6) is 0 Å². The number of nitrogens with zero attached hydrogens (tertiary/aromatic N) is 2. The summed E-state index contributed by atoms with van der Waals surface area (Å²) in [6.45, 7) is 0. The topological polar surface area (TPSA) is 110 Å². The Morgan fingerprint density at radius 1 is 1.13 bits per heavy atom. The van der Waals surface area contributed by atoms with Gasteiger partial charge in [-0.2, -0.15) is 0 Å². The molecule has 0 spiro atoms. The van der Waals surface area contributed by atoms with Crippen molar-refractivity contribution >= 4 is 73.2 Å². The molecule has 1 aromatic carbocycles. The Morgan fingerprint density at radius 3 is 2.39 bits per heavy atom. The Labute approximate surface area is 191 Å². The molecule has 0 atom stereocenters. The van der Waals surface area contributed by atoms with E-state index in [-0.39, 0.29) is 19.8 Å². The van der Waals surface area contributed by atoms with Crippen LogP contribution in [0.25, 0.3) is 28.2 Å². The molecule has 1 aliphatic heterocycles. The molecule has 160 valence electrons. The number of furan rings is 1. The zero-order chi connectivity index (χ0) is 22.5. The third kappa shape index (κ3) is 3.97. The van der Waals surface area contributed by atoms with E-state index in [1.54, 1.807) is 12.3 Å². The van der Waals surface area contributed by atoms with E-state index < -0.39 is 21.2 Å². The van der Waals surface area contributed by atoms with Gasteiger partial charge in [0.15, 0.2) is 0 Å². The highest BCUT2D eigenvalue weighted by Crippen LogP contribution is 2.38. The molecular weight excluding hydrogens is 485 g/mol. The minimum absolute atomic E-state index is 0.0420. The first-order valence-corrected chi connectivity index (χ1v) is 11.6. The van der Waals surface area contributed by atoms with E-state index in [4.69, 9.17) is 27.6 Å². The number of hydrogen-bond donors (Lipinski definition) is 1. The summed E-state index contributed by atoms with van der Waals surface area (Å²) in [6.07, 6.45) is 4.57. The number of thioether (sulfide) groups is 1. The average Bonchev–Trinajstić information content (AvgIpc) is 3.22. The van der Waals surface area contributed by atoms with Crippen LogP contribution in [0.1, 0.15) is 5.76 Å². The molecule has 12 heteroatoms. The zero-order valence-corrected chi connectivity index (χ0v) is 19.1. The van der Waals surface area contributed by atoms with Crippen molar-refractivity contribution < 1.29 is 22.4 Å². The number of imide groups is 1. The SMILES string of the molecule is CN(C)S(=O)(=O)c1c(Cl)cc(-c2cncc3cc(C=C4SC(=O)NC4=O)oc23)cc1Cl. The van der Waals surface area contributed by atoms with Crippen LogP contribution in [-0.2, 0) is 14.8 Å². The van der Waals surface area contributed by atoms with Crippen LogP contribution in [0, 0.1) is 0 Å². The second-order valence-electron chi connectivity index (χ2n) is 6.66. The van der Waals surface area contributed by atoms with Gasteiger partial charge >= 0.3 is 0 Å². The summed E-state index contributed by atoms with van der Waals surface area (Å²) < 4.78 is 31.9. The van der Waals surface area contributed by atoms with Crippen molar-refractivity contribution in [2.24, 2.45) is 0 Å². The second-order valence-corrected chi connectivity index (χ2v) is 10.6. The molecule has 0 aliphatic carbocycles. The Balaban J connectivity index is 1.82. The van der Waals surface area contributed by atoms with Crippen molar-refractivity contribution in [2.45, 2.75) is 4.90 Å². The fourth-order valence-electron chi connectivity index (χ4n) is 2.95. The lowest BCUT2D eigenvalue weighted by molar-refractivity contribution is -0.115. The summed E-state index contributed by atoms with van der Waals surface area (Å²) in [6, 6.07) is 4.61. The van der Waals surface area contributed by atoms with Gasteiger partial charge in [-0.3, -0.25) is 19.9 Å². The van der Waals surface area contributed by atoms with Crippen molar-refractivity contribution in [2.75, 3.05) is 14.1 Å². The molecule has 0 unspecified atom stereocenters. The number of nitrogens with one attached hydrogen (secondary N) is 1. The van der Waals surface area contributed by atoms with Crippen LogP contribution < -0.4 is 5.32 Å². The molecule has 4 rings (SSSR count). The lowest BCUT2D eigenvalue weighted by Crippen LogP contribution is -2.23. The molecule has 0 saturated carbocycles. The Hall–Kier alpha value is -2.37. The zero-order valence-electron chi connectivity index (χ0n) is 16.0. The normalized spacial score (nSPS) is 16.0. The molecule has 1 aliphatic rings. The van der Waals surface area contributed by atoms with Crippen LogP contribution in [0.2, 0.25) is 10.0 Å². The van der Waals surface area contributed by atoms with Crippen LogP contribution in [-0.4, -0.2) is 42.9 Å². The Kier molecular flexibility index (Phi) is 5.61. The number of sulfonamides is 1. The summed E-state index contributed by atoms with van der Waals surface area (Å²) >= 11 is 13.3. The highest BCUT2D eigenvalue weighted by atomic mass is 35.5. The summed E-state index contributed by atoms with van der Waals surface area (Å²) in [5.41, 5.74) is 1.47. The summed E-state index contributed by atoms with van der Waals surface area (Å²) in [5.74, 6) is -0.148. The molecule has 2 amide bonds. The summed E-state index contributed by atoms with van der Waals surface area (Å²) in [5, 5.41) is 2.28. The lowest BCUT2D eigenvalue weighted by Gasteiger charge is -2.15. The predicted molar refractivity (Wildman–Crippen MR) is 119 cm³/mol. The number of hydrogen-bond acceptors (Lipinski definition) is 7. The molecule has 0 bridgehead atoms. The smallest absolute Gasteiger partial charge is 0.290 e. The lowest BCUT2D eigenvalue weighted by atomic mass is 10.1. The van der Waals surface area contributed by atoms with Gasteiger partial charge in [0.1, 0.15) is 16.2 Å². The highest BCUT2D eigenvalue weighted by molar-refractivity contribution is 8.18. The molecular formula is C19H13Cl2N3O5S2. The molecule has 0 radical (unpaired) electrons. The molecule has 31 heavy (non-hydrogen) atoms. The van der Waals surface area contributed by atoms with E-state index in [2.05, 4.69) is 10.3 Å². The van der Waals surface area contributed by atoms with Gasteiger partial charge in [-0.05, 0) is 35.5 Å². The molecule has 1 N–H and O–H groups in total. The van der Waals surface area contributed by atoms with Gasteiger partial charge in [0.2, 0.25) is 10.0 Å². The summed E-state index contributed by atoms with van der Waals surface area (Å²) in [7, 11) is -1.07. The van der Waals surface area contributed by atoms with Crippen molar-refractivity contribution in [3.63, 3.8) is 0 Å².